The monoisotopic (exact) mass is 470 g/mol. The van der Waals surface area contributed by atoms with Crippen molar-refractivity contribution in [3.63, 3.8) is 0 Å². The van der Waals surface area contributed by atoms with Gasteiger partial charge in [0.2, 0.25) is 5.89 Å². The Kier molecular flexibility index (Phi) is 9.42. The molecule has 2 aromatic rings. The third kappa shape index (κ3) is 7.00. The molecule has 0 saturated heterocycles. The van der Waals surface area contributed by atoms with Crippen molar-refractivity contribution in [3.05, 3.63) is 41.3 Å². The number of aryl methyl sites for hydroxylation is 2. The lowest BCUT2D eigenvalue weighted by Crippen LogP contribution is -2.41. The SMILES string of the molecule is Cc1ccc(-c2nc(CO[C@H]3CCCC[C@H]3C(=O)CCCNC(C(=O)O)C(C)C)c(C)o2)cc1. The number of hydrogen-bond acceptors (Lipinski definition) is 6. The minimum absolute atomic E-state index is 0.00385. The van der Waals surface area contributed by atoms with Gasteiger partial charge in [0, 0.05) is 17.9 Å². The van der Waals surface area contributed by atoms with Gasteiger partial charge in [-0.15, -0.1) is 0 Å². The van der Waals surface area contributed by atoms with Gasteiger partial charge in [-0.2, -0.15) is 0 Å². The van der Waals surface area contributed by atoms with Crippen molar-refractivity contribution in [2.45, 2.75) is 85.0 Å². The van der Waals surface area contributed by atoms with E-state index in [2.05, 4.69) is 10.3 Å². The first-order chi connectivity index (χ1) is 16.3. The number of aliphatic carboxylic acids is 1. The Balaban J connectivity index is 1.52. The minimum atomic E-state index is -0.851. The largest absolute Gasteiger partial charge is 0.480 e. The number of carbonyl (C=O) groups excluding carboxylic acids is 1. The van der Waals surface area contributed by atoms with Crippen LogP contribution in [0.1, 0.15) is 69.4 Å². The van der Waals surface area contributed by atoms with Crippen LogP contribution in [0.25, 0.3) is 11.5 Å². The Morgan fingerprint density at radius 1 is 1.18 bits per heavy atom. The molecule has 2 N–H and O–H groups in total. The molecule has 0 bridgehead atoms. The van der Waals surface area contributed by atoms with Gasteiger partial charge in [0.15, 0.2) is 0 Å². The lowest BCUT2D eigenvalue weighted by atomic mass is 9.82. The number of Topliss-reactive ketones (excluding diaryl/α,β-unsaturated/α-hetero) is 1. The molecule has 1 aliphatic rings. The highest BCUT2D eigenvalue weighted by Crippen LogP contribution is 2.30. The Morgan fingerprint density at radius 2 is 1.88 bits per heavy atom. The normalized spacial score (nSPS) is 19.3. The molecule has 1 heterocycles. The number of ether oxygens (including phenoxy) is 1. The van der Waals surface area contributed by atoms with Crippen LogP contribution in [0.15, 0.2) is 28.7 Å². The Bertz CT molecular complexity index is 950. The van der Waals surface area contributed by atoms with Crippen LogP contribution >= 0.6 is 0 Å². The number of carbonyl (C=O) groups is 2. The molecule has 3 atom stereocenters. The molecule has 1 aliphatic carbocycles. The van der Waals surface area contributed by atoms with E-state index in [-0.39, 0.29) is 23.7 Å². The summed E-state index contributed by atoms with van der Waals surface area (Å²) in [6, 6.07) is 7.47. The summed E-state index contributed by atoms with van der Waals surface area (Å²) in [6.07, 6.45) is 4.73. The topological polar surface area (TPSA) is 102 Å². The lowest BCUT2D eigenvalue weighted by molar-refractivity contribution is -0.140. The minimum Gasteiger partial charge on any atom is -0.480 e. The van der Waals surface area contributed by atoms with Gasteiger partial charge in [0.05, 0.1) is 12.7 Å². The zero-order valence-corrected chi connectivity index (χ0v) is 20.8. The summed E-state index contributed by atoms with van der Waals surface area (Å²) in [7, 11) is 0. The predicted octanol–water partition coefficient (Wildman–Crippen LogP) is 5.08. The quantitative estimate of drug-likeness (QED) is 0.417. The second-order valence-corrected chi connectivity index (χ2v) is 9.71. The molecule has 0 aliphatic heterocycles. The number of nitrogens with one attached hydrogen (secondary N) is 1. The van der Waals surface area contributed by atoms with Crippen molar-refractivity contribution < 1.29 is 23.8 Å². The molecule has 0 amide bonds. The fraction of sp³-hybridized carbons (Fsp3) is 0.593. The van der Waals surface area contributed by atoms with Crippen molar-refractivity contribution in [1.82, 2.24) is 10.3 Å². The molecule has 1 aromatic heterocycles. The van der Waals surface area contributed by atoms with Crippen molar-refractivity contribution >= 4 is 11.8 Å². The van der Waals surface area contributed by atoms with Gasteiger partial charge >= 0.3 is 5.97 Å². The van der Waals surface area contributed by atoms with Crippen LogP contribution in [0.4, 0.5) is 0 Å². The highest BCUT2D eigenvalue weighted by atomic mass is 16.5. The van der Waals surface area contributed by atoms with E-state index in [4.69, 9.17) is 9.15 Å². The van der Waals surface area contributed by atoms with Crippen LogP contribution in [-0.2, 0) is 20.9 Å². The molecular weight excluding hydrogens is 432 g/mol. The average molecular weight is 471 g/mol. The highest BCUT2D eigenvalue weighted by Gasteiger charge is 2.31. The summed E-state index contributed by atoms with van der Waals surface area (Å²) in [5.74, 6) is 0.559. The van der Waals surface area contributed by atoms with Crippen molar-refractivity contribution in [2.75, 3.05) is 6.54 Å². The molecule has 1 unspecified atom stereocenters. The van der Waals surface area contributed by atoms with Crippen LogP contribution in [0, 0.1) is 25.7 Å². The summed E-state index contributed by atoms with van der Waals surface area (Å²) < 4.78 is 12.1. The molecule has 7 nitrogen and oxygen atoms in total. The Morgan fingerprint density at radius 3 is 2.56 bits per heavy atom. The van der Waals surface area contributed by atoms with Crippen molar-refractivity contribution in [1.29, 1.82) is 0 Å². The first kappa shape index (κ1) is 26.1. The number of ketones is 1. The van der Waals surface area contributed by atoms with Crippen molar-refractivity contribution in [2.24, 2.45) is 11.8 Å². The van der Waals surface area contributed by atoms with Crippen LogP contribution in [0.5, 0.6) is 0 Å². The maximum Gasteiger partial charge on any atom is 0.320 e. The fourth-order valence-electron chi connectivity index (χ4n) is 4.55. The molecule has 1 aromatic carbocycles. The predicted molar refractivity (Wildman–Crippen MR) is 130 cm³/mol. The zero-order chi connectivity index (χ0) is 24.7. The van der Waals surface area contributed by atoms with E-state index < -0.39 is 12.0 Å². The Labute approximate surface area is 202 Å². The third-order valence-electron chi connectivity index (χ3n) is 6.64. The maximum absolute atomic E-state index is 13.0. The number of aromatic nitrogens is 1. The maximum atomic E-state index is 13.0. The number of nitrogens with zero attached hydrogens (tertiary/aromatic N) is 1. The van der Waals surface area contributed by atoms with Crippen LogP contribution in [0.2, 0.25) is 0 Å². The van der Waals surface area contributed by atoms with E-state index in [0.717, 1.165) is 42.7 Å². The first-order valence-corrected chi connectivity index (χ1v) is 12.4. The molecule has 1 fully saturated rings. The summed E-state index contributed by atoms with van der Waals surface area (Å²) in [6.45, 7) is 8.52. The van der Waals surface area contributed by atoms with Crippen LogP contribution in [0.3, 0.4) is 0 Å². The number of carboxylic acids is 1. The number of benzene rings is 1. The second kappa shape index (κ2) is 12.3. The van der Waals surface area contributed by atoms with Gasteiger partial charge < -0.3 is 19.6 Å². The van der Waals surface area contributed by atoms with Gasteiger partial charge in [-0.3, -0.25) is 9.59 Å². The van der Waals surface area contributed by atoms with E-state index in [1.165, 1.54) is 5.56 Å². The summed E-state index contributed by atoms with van der Waals surface area (Å²) in [4.78, 5) is 28.9. The van der Waals surface area contributed by atoms with Crippen molar-refractivity contribution in [3.8, 4) is 11.5 Å². The molecule has 34 heavy (non-hydrogen) atoms. The molecule has 0 radical (unpaired) electrons. The number of rotatable bonds is 12. The van der Waals surface area contributed by atoms with Gasteiger partial charge in [0.25, 0.3) is 0 Å². The van der Waals surface area contributed by atoms with E-state index in [1.807, 2.05) is 52.0 Å². The summed E-state index contributed by atoms with van der Waals surface area (Å²) in [5.41, 5.74) is 2.88. The molecule has 7 heteroatoms. The smallest absolute Gasteiger partial charge is 0.320 e. The van der Waals surface area contributed by atoms with Gasteiger partial charge in [-0.1, -0.05) is 44.4 Å². The van der Waals surface area contributed by atoms with Gasteiger partial charge in [-0.05, 0) is 57.7 Å². The highest BCUT2D eigenvalue weighted by molar-refractivity contribution is 5.81. The van der Waals surface area contributed by atoms with Crippen LogP contribution in [-0.4, -0.2) is 40.5 Å². The first-order valence-electron chi connectivity index (χ1n) is 12.4. The van der Waals surface area contributed by atoms with Gasteiger partial charge in [-0.25, -0.2) is 4.98 Å². The van der Waals surface area contributed by atoms with Gasteiger partial charge in [0.1, 0.15) is 23.3 Å². The van der Waals surface area contributed by atoms with E-state index >= 15 is 0 Å². The molecule has 1 saturated carbocycles. The number of oxazole rings is 1. The average Bonchev–Trinajstić information content (AvgIpc) is 3.18. The Hall–Kier alpha value is -2.51. The van der Waals surface area contributed by atoms with E-state index in [9.17, 15) is 14.7 Å². The number of carboxylic acid groups (broad SMARTS) is 1. The molecular formula is C27H38N2O5. The fourth-order valence-corrected chi connectivity index (χ4v) is 4.55. The van der Waals surface area contributed by atoms with E-state index in [1.54, 1.807) is 0 Å². The standard InChI is InChI=1S/C27H38N2O5/c1-17(2)25(27(31)32)28-15-7-9-23(30)21-8-5-6-10-24(21)33-16-22-19(4)34-26(29-22)20-13-11-18(3)12-14-20/h11-14,17,21,24-25,28H,5-10,15-16H2,1-4H3,(H,31,32)/t21-,24-,25?/m0/s1. The van der Waals surface area contributed by atoms with Crippen LogP contribution < -0.4 is 5.32 Å². The molecule has 186 valence electrons. The molecule has 0 spiro atoms. The zero-order valence-electron chi connectivity index (χ0n) is 20.8. The van der Waals surface area contributed by atoms with E-state index in [0.29, 0.717) is 31.9 Å². The second-order valence-electron chi connectivity index (χ2n) is 9.71. The lowest BCUT2D eigenvalue weighted by Gasteiger charge is -2.30. The molecule has 3 rings (SSSR count). The summed E-state index contributed by atoms with van der Waals surface area (Å²) in [5, 5.41) is 12.3. The number of hydrogen-bond donors (Lipinski definition) is 2. The summed E-state index contributed by atoms with van der Waals surface area (Å²) >= 11 is 0. The third-order valence-corrected chi connectivity index (χ3v) is 6.64.